The highest BCUT2D eigenvalue weighted by atomic mass is 14.0. The first kappa shape index (κ1) is 12.6. The number of rotatable bonds is 4. The van der Waals surface area contributed by atoms with E-state index in [-0.39, 0.29) is 0 Å². The minimum Gasteiger partial charge on any atom is -0.0613 e. The van der Waals surface area contributed by atoms with Gasteiger partial charge in [-0.2, -0.15) is 0 Å². The standard InChI is InChI=1S/C18H20/c1-3-15-5-9-17(10-6-15)13-14-18-11-7-16(4-2)8-12-18/h5-14H,3-4H2,1-2H3. The Hall–Kier alpha value is -1.82. The van der Waals surface area contributed by atoms with E-state index in [1.807, 2.05) is 0 Å². The molecular formula is C18H20. The fourth-order valence-corrected chi connectivity index (χ4v) is 1.92. The highest BCUT2D eigenvalue weighted by Crippen LogP contribution is 2.11. The van der Waals surface area contributed by atoms with Crippen molar-refractivity contribution in [2.45, 2.75) is 26.7 Å². The molecule has 0 spiro atoms. The minimum absolute atomic E-state index is 1.10. The molecule has 0 heterocycles. The molecule has 0 aromatic heterocycles. The predicted octanol–water partition coefficient (Wildman–Crippen LogP) is 4.98. The van der Waals surface area contributed by atoms with Crippen molar-refractivity contribution in [2.75, 3.05) is 0 Å². The van der Waals surface area contributed by atoms with Gasteiger partial charge in [0.1, 0.15) is 0 Å². The molecule has 0 aliphatic carbocycles. The van der Waals surface area contributed by atoms with Crippen molar-refractivity contribution in [1.82, 2.24) is 0 Å². The molecule has 0 heteroatoms. The molecule has 0 amide bonds. The molecule has 0 aliphatic heterocycles. The van der Waals surface area contributed by atoms with Crippen molar-refractivity contribution in [3.63, 3.8) is 0 Å². The van der Waals surface area contributed by atoms with Crippen LogP contribution in [0.25, 0.3) is 12.2 Å². The molecule has 2 aromatic carbocycles. The number of benzene rings is 2. The Morgan fingerprint density at radius 1 is 0.611 bits per heavy atom. The number of hydrogen-bond acceptors (Lipinski definition) is 0. The van der Waals surface area contributed by atoms with E-state index in [0.29, 0.717) is 0 Å². The summed E-state index contributed by atoms with van der Waals surface area (Å²) in [6, 6.07) is 17.5. The maximum atomic E-state index is 2.19. The molecule has 0 unspecified atom stereocenters. The first-order valence-corrected chi connectivity index (χ1v) is 6.67. The molecule has 92 valence electrons. The van der Waals surface area contributed by atoms with Crippen LogP contribution in [0.5, 0.6) is 0 Å². The van der Waals surface area contributed by atoms with Crippen molar-refractivity contribution in [2.24, 2.45) is 0 Å². The Morgan fingerprint density at radius 2 is 0.944 bits per heavy atom. The largest absolute Gasteiger partial charge is 0.0613 e. The van der Waals surface area contributed by atoms with Crippen LogP contribution < -0.4 is 0 Å². The first-order chi connectivity index (χ1) is 8.81. The maximum Gasteiger partial charge on any atom is -0.0256 e. The zero-order valence-corrected chi connectivity index (χ0v) is 11.2. The second-order valence-electron chi connectivity index (χ2n) is 4.52. The van der Waals surface area contributed by atoms with Gasteiger partial charge in [0.2, 0.25) is 0 Å². The second-order valence-corrected chi connectivity index (χ2v) is 4.52. The van der Waals surface area contributed by atoms with Crippen LogP contribution in [0.4, 0.5) is 0 Å². The van der Waals surface area contributed by atoms with Gasteiger partial charge in [-0.05, 0) is 35.1 Å². The number of hydrogen-bond donors (Lipinski definition) is 0. The van der Waals surface area contributed by atoms with E-state index in [0.717, 1.165) is 12.8 Å². The van der Waals surface area contributed by atoms with Gasteiger partial charge in [0.05, 0.1) is 0 Å². The van der Waals surface area contributed by atoms with Crippen LogP contribution in [-0.2, 0) is 12.8 Å². The van der Waals surface area contributed by atoms with Crippen molar-refractivity contribution < 1.29 is 0 Å². The van der Waals surface area contributed by atoms with Gasteiger partial charge in [-0.1, -0.05) is 74.5 Å². The summed E-state index contributed by atoms with van der Waals surface area (Å²) in [5.74, 6) is 0. The lowest BCUT2D eigenvalue weighted by molar-refractivity contribution is 1.14. The topological polar surface area (TPSA) is 0 Å². The van der Waals surface area contributed by atoms with Gasteiger partial charge in [0.15, 0.2) is 0 Å². The van der Waals surface area contributed by atoms with Gasteiger partial charge in [0.25, 0.3) is 0 Å². The third-order valence-corrected chi connectivity index (χ3v) is 3.24. The summed E-state index contributed by atoms with van der Waals surface area (Å²) in [7, 11) is 0. The average Bonchev–Trinajstić information content (AvgIpc) is 2.46. The quantitative estimate of drug-likeness (QED) is 0.657. The fraction of sp³-hybridized carbons (Fsp3) is 0.222. The van der Waals surface area contributed by atoms with E-state index in [1.165, 1.54) is 22.3 Å². The monoisotopic (exact) mass is 236 g/mol. The summed E-state index contributed by atoms with van der Waals surface area (Å²) in [4.78, 5) is 0. The van der Waals surface area contributed by atoms with Crippen molar-refractivity contribution in [3.05, 3.63) is 70.8 Å². The van der Waals surface area contributed by atoms with Gasteiger partial charge < -0.3 is 0 Å². The average molecular weight is 236 g/mol. The molecular weight excluding hydrogens is 216 g/mol. The van der Waals surface area contributed by atoms with Gasteiger partial charge in [-0.3, -0.25) is 0 Å². The summed E-state index contributed by atoms with van der Waals surface area (Å²) >= 11 is 0. The zero-order valence-electron chi connectivity index (χ0n) is 11.2. The van der Waals surface area contributed by atoms with Gasteiger partial charge >= 0.3 is 0 Å². The SMILES string of the molecule is CCc1ccc(C=Cc2ccc(CC)cc2)cc1. The summed E-state index contributed by atoms with van der Waals surface area (Å²) < 4.78 is 0. The second kappa shape index (κ2) is 6.20. The molecule has 18 heavy (non-hydrogen) atoms. The summed E-state index contributed by atoms with van der Waals surface area (Å²) in [6.07, 6.45) is 6.53. The van der Waals surface area contributed by atoms with Crippen molar-refractivity contribution in [1.29, 1.82) is 0 Å². The lowest BCUT2D eigenvalue weighted by Gasteiger charge is -1.99. The summed E-state index contributed by atoms with van der Waals surface area (Å²) in [6.45, 7) is 4.36. The van der Waals surface area contributed by atoms with Crippen molar-refractivity contribution in [3.8, 4) is 0 Å². The van der Waals surface area contributed by atoms with E-state index in [2.05, 4.69) is 74.5 Å². The molecule has 0 radical (unpaired) electrons. The van der Waals surface area contributed by atoms with Crippen LogP contribution in [0.3, 0.4) is 0 Å². The third-order valence-electron chi connectivity index (χ3n) is 3.24. The van der Waals surface area contributed by atoms with Crippen LogP contribution in [0.1, 0.15) is 36.1 Å². The van der Waals surface area contributed by atoms with Crippen molar-refractivity contribution >= 4 is 12.2 Å². The third kappa shape index (κ3) is 3.33. The first-order valence-electron chi connectivity index (χ1n) is 6.67. The maximum absolute atomic E-state index is 2.19. The van der Waals surface area contributed by atoms with E-state index in [1.54, 1.807) is 0 Å². The fourth-order valence-electron chi connectivity index (χ4n) is 1.92. The molecule has 0 fully saturated rings. The van der Waals surface area contributed by atoms with E-state index < -0.39 is 0 Å². The minimum atomic E-state index is 1.10. The Balaban J connectivity index is 2.08. The summed E-state index contributed by atoms with van der Waals surface area (Å²) in [5.41, 5.74) is 5.29. The van der Waals surface area contributed by atoms with E-state index >= 15 is 0 Å². The van der Waals surface area contributed by atoms with Crippen LogP contribution >= 0.6 is 0 Å². The predicted molar refractivity (Wildman–Crippen MR) is 80.6 cm³/mol. The molecule has 0 saturated heterocycles. The van der Waals surface area contributed by atoms with Crippen LogP contribution in [0, 0.1) is 0 Å². The van der Waals surface area contributed by atoms with E-state index in [9.17, 15) is 0 Å². The lowest BCUT2D eigenvalue weighted by atomic mass is 10.1. The smallest absolute Gasteiger partial charge is 0.0256 e. The Bertz CT molecular complexity index is 451. The molecule has 2 rings (SSSR count). The molecule has 2 aromatic rings. The van der Waals surface area contributed by atoms with E-state index in [4.69, 9.17) is 0 Å². The highest BCUT2D eigenvalue weighted by Gasteiger charge is 1.91. The Morgan fingerprint density at radius 3 is 1.22 bits per heavy atom. The van der Waals surface area contributed by atoms with Gasteiger partial charge in [-0.25, -0.2) is 0 Å². The summed E-state index contributed by atoms with van der Waals surface area (Å²) in [5, 5.41) is 0. The zero-order chi connectivity index (χ0) is 12.8. The molecule has 0 saturated carbocycles. The molecule has 0 N–H and O–H groups in total. The van der Waals surface area contributed by atoms with Gasteiger partial charge in [-0.15, -0.1) is 0 Å². The number of aryl methyl sites for hydroxylation is 2. The highest BCUT2D eigenvalue weighted by molar-refractivity contribution is 5.69. The van der Waals surface area contributed by atoms with Crippen LogP contribution in [0.15, 0.2) is 48.5 Å². The van der Waals surface area contributed by atoms with Crippen LogP contribution in [-0.4, -0.2) is 0 Å². The lowest BCUT2D eigenvalue weighted by Crippen LogP contribution is -1.80. The molecule has 0 bridgehead atoms. The normalized spacial score (nSPS) is 11.0. The van der Waals surface area contributed by atoms with Crippen LogP contribution in [0.2, 0.25) is 0 Å². The Kier molecular flexibility index (Phi) is 4.35. The Labute approximate surface area is 110 Å². The molecule has 0 nitrogen and oxygen atoms in total. The molecule has 0 aliphatic rings. The molecule has 0 atom stereocenters. The van der Waals surface area contributed by atoms with Gasteiger partial charge in [0, 0.05) is 0 Å².